The van der Waals surface area contributed by atoms with Gasteiger partial charge in [-0.3, -0.25) is 9.98 Å². The fourth-order valence-electron chi connectivity index (χ4n) is 3.19. The third-order valence-corrected chi connectivity index (χ3v) is 4.92. The normalized spacial score (nSPS) is 12.1. The lowest BCUT2D eigenvalue weighted by Gasteiger charge is -2.16. The van der Waals surface area contributed by atoms with Crippen LogP contribution in [0.15, 0.2) is 53.8 Å². The molecular weight excluding hydrogens is 372 g/mol. The summed E-state index contributed by atoms with van der Waals surface area (Å²) >= 11 is 0. The van der Waals surface area contributed by atoms with Gasteiger partial charge >= 0.3 is 0 Å². The first kappa shape index (κ1) is 19.8. The lowest BCUT2D eigenvalue weighted by atomic mass is 9.93. The van der Waals surface area contributed by atoms with E-state index in [-0.39, 0.29) is 5.41 Å². The number of anilines is 1. The number of nitrogens with zero attached hydrogens (tertiary/aromatic N) is 4. The van der Waals surface area contributed by atoms with Crippen LogP contribution in [-0.4, -0.2) is 26.2 Å². The fourth-order valence-corrected chi connectivity index (χ4v) is 3.19. The predicted octanol–water partition coefficient (Wildman–Crippen LogP) is 5.68. The molecule has 0 saturated heterocycles. The average Bonchev–Trinajstić information content (AvgIpc) is 3.15. The summed E-state index contributed by atoms with van der Waals surface area (Å²) in [6.07, 6.45) is 6.33. The second kappa shape index (κ2) is 7.71. The molecule has 0 atom stereocenters. The number of aliphatic imine (C=N–C) groups is 1. The number of nitrogen functional groups attached to an aromatic ring is 1. The number of hydrogen-bond donors (Lipinski definition) is 2. The monoisotopic (exact) mass is 398 g/mol. The molecule has 0 fully saturated rings. The number of nitrogens with two attached hydrogens (primary N) is 1. The minimum Gasteiger partial charge on any atom is -0.397 e. The Labute approximate surface area is 176 Å². The quantitative estimate of drug-likeness (QED) is 0.342. The Morgan fingerprint density at radius 1 is 1.03 bits per heavy atom. The van der Waals surface area contributed by atoms with Crippen LogP contribution in [0.2, 0.25) is 0 Å². The fraction of sp³-hybridized carbons (Fsp3) is 0.250. The van der Waals surface area contributed by atoms with Crippen molar-refractivity contribution in [3.8, 4) is 22.6 Å². The third kappa shape index (κ3) is 3.94. The number of rotatable bonds is 4. The summed E-state index contributed by atoms with van der Waals surface area (Å²) in [4.78, 5) is 21.5. The number of H-pyrrole nitrogens is 1. The Morgan fingerprint density at radius 3 is 2.47 bits per heavy atom. The van der Waals surface area contributed by atoms with Crippen LogP contribution >= 0.6 is 0 Å². The molecule has 4 aromatic rings. The van der Waals surface area contributed by atoms with Crippen molar-refractivity contribution in [1.29, 1.82) is 0 Å². The molecule has 0 aliphatic carbocycles. The minimum absolute atomic E-state index is 0.0342. The number of benzene rings is 2. The summed E-state index contributed by atoms with van der Waals surface area (Å²) in [5, 5.41) is 0. The van der Waals surface area contributed by atoms with Gasteiger partial charge in [-0.25, -0.2) is 9.97 Å². The smallest absolute Gasteiger partial charge is 0.158 e. The standard InChI is InChI=1S/C24H26N6/c1-5-10-26-18-8-6-15(11-17(18)25)16-7-9-19-20(12-16)30-23(29-19)21-13-28-22(14-27-21)24(2,3)4/h6-14H,5,25H2,1-4H3,(H,29,30). The van der Waals surface area contributed by atoms with Gasteiger partial charge in [0.1, 0.15) is 5.69 Å². The lowest BCUT2D eigenvalue weighted by molar-refractivity contribution is 0.565. The van der Waals surface area contributed by atoms with E-state index >= 15 is 0 Å². The van der Waals surface area contributed by atoms with E-state index in [0.717, 1.165) is 45.7 Å². The highest BCUT2D eigenvalue weighted by Crippen LogP contribution is 2.31. The Morgan fingerprint density at radius 2 is 1.80 bits per heavy atom. The van der Waals surface area contributed by atoms with Gasteiger partial charge in [0, 0.05) is 17.8 Å². The highest BCUT2D eigenvalue weighted by atomic mass is 15.0. The maximum absolute atomic E-state index is 6.19. The first-order chi connectivity index (χ1) is 14.3. The van der Waals surface area contributed by atoms with Gasteiger partial charge in [0.2, 0.25) is 0 Å². The second-order valence-electron chi connectivity index (χ2n) is 8.35. The van der Waals surface area contributed by atoms with E-state index in [1.165, 1.54) is 0 Å². The van der Waals surface area contributed by atoms with Crippen molar-refractivity contribution in [1.82, 2.24) is 19.9 Å². The summed E-state index contributed by atoms with van der Waals surface area (Å²) in [5.41, 5.74) is 13.2. The van der Waals surface area contributed by atoms with Gasteiger partial charge in [-0.05, 0) is 41.8 Å². The zero-order valence-corrected chi connectivity index (χ0v) is 17.8. The molecule has 2 heterocycles. The topological polar surface area (TPSA) is 92.8 Å². The van der Waals surface area contributed by atoms with Gasteiger partial charge in [-0.15, -0.1) is 0 Å². The molecule has 6 heteroatoms. The molecule has 30 heavy (non-hydrogen) atoms. The second-order valence-corrected chi connectivity index (χ2v) is 8.35. The van der Waals surface area contributed by atoms with Crippen LogP contribution in [0.1, 0.15) is 39.8 Å². The molecule has 3 N–H and O–H groups in total. The number of aromatic nitrogens is 4. The summed E-state index contributed by atoms with van der Waals surface area (Å²) in [6.45, 7) is 8.41. The summed E-state index contributed by atoms with van der Waals surface area (Å²) < 4.78 is 0. The molecule has 2 aromatic carbocycles. The minimum atomic E-state index is -0.0342. The van der Waals surface area contributed by atoms with Crippen molar-refractivity contribution in [3.63, 3.8) is 0 Å². The van der Waals surface area contributed by atoms with Gasteiger partial charge in [0.25, 0.3) is 0 Å². The molecule has 0 unspecified atom stereocenters. The first-order valence-electron chi connectivity index (χ1n) is 10.1. The van der Waals surface area contributed by atoms with Crippen molar-refractivity contribution >= 4 is 28.6 Å². The molecule has 0 radical (unpaired) electrons. The number of hydrogen-bond acceptors (Lipinski definition) is 5. The van der Waals surface area contributed by atoms with Crippen molar-refractivity contribution in [2.24, 2.45) is 4.99 Å². The third-order valence-electron chi connectivity index (χ3n) is 4.92. The number of fused-ring (bicyclic) bond motifs is 1. The van der Waals surface area contributed by atoms with Crippen molar-refractivity contribution in [3.05, 3.63) is 54.5 Å². The van der Waals surface area contributed by atoms with E-state index in [2.05, 4.69) is 51.8 Å². The SMILES string of the molecule is CCC=Nc1ccc(-c2ccc3nc(-c4cnc(C(C)(C)C)cn4)[nH]c3c2)cc1N. The molecule has 0 aliphatic rings. The molecule has 4 rings (SSSR count). The number of imidazole rings is 1. The largest absolute Gasteiger partial charge is 0.397 e. The lowest BCUT2D eigenvalue weighted by Crippen LogP contribution is -2.13. The Balaban J connectivity index is 1.66. The highest BCUT2D eigenvalue weighted by molar-refractivity contribution is 5.85. The van der Waals surface area contributed by atoms with E-state index in [4.69, 9.17) is 5.73 Å². The highest BCUT2D eigenvalue weighted by Gasteiger charge is 2.16. The van der Waals surface area contributed by atoms with Gasteiger partial charge < -0.3 is 10.7 Å². The molecule has 0 spiro atoms. The zero-order valence-electron chi connectivity index (χ0n) is 17.8. The molecule has 0 bridgehead atoms. The average molecular weight is 399 g/mol. The van der Waals surface area contributed by atoms with E-state index in [0.29, 0.717) is 11.5 Å². The van der Waals surface area contributed by atoms with E-state index in [1.807, 2.05) is 49.7 Å². The predicted molar refractivity (Wildman–Crippen MR) is 124 cm³/mol. The molecule has 6 nitrogen and oxygen atoms in total. The Bertz CT molecular complexity index is 1210. The van der Waals surface area contributed by atoms with Crippen LogP contribution in [0.25, 0.3) is 33.7 Å². The molecule has 2 aromatic heterocycles. The van der Waals surface area contributed by atoms with Crippen LogP contribution in [0.3, 0.4) is 0 Å². The van der Waals surface area contributed by atoms with Crippen molar-refractivity contribution in [2.45, 2.75) is 39.5 Å². The van der Waals surface area contributed by atoms with Crippen molar-refractivity contribution in [2.75, 3.05) is 5.73 Å². The number of nitrogens with one attached hydrogen (secondary N) is 1. The van der Waals surface area contributed by atoms with Crippen LogP contribution in [0, 0.1) is 0 Å². The van der Waals surface area contributed by atoms with Crippen LogP contribution in [0.4, 0.5) is 11.4 Å². The molecule has 152 valence electrons. The van der Waals surface area contributed by atoms with Gasteiger partial charge in [0.05, 0.1) is 34.3 Å². The van der Waals surface area contributed by atoms with Crippen LogP contribution in [-0.2, 0) is 5.41 Å². The maximum Gasteiger partial charge on any atom is 0.158 e. The van der Waals surface area contributed by atoms with Gasteiger partial charge in [-0.1, -0.05) is 39.8 Å². The van der Waals surface area contributed by atoms with E-state index in [1.54, 1.807) is 6.20 Å². The zero-order chi connectivity index (χ0) is 21.3. The molecule has 0 saturated carbocycles. The van der Waals surface area contributed by atoms with E-state index < -0.39 is 0 Å². The molecule has 0 aliphatic heterocycles. The van der Waals surface area contributed by atoms with Crippen LogP contribution in [0.5, 0.6) is 0 Å². The van der Waals surface area contributed by atoms with E-state index in [9.17, 15) is 0 Å². The van der Waals surface area contributed by atoms with Gasteiger partial charge in [0.15, 0.2) is 5.82 Å². The molecule has 0 amide bonds. The Kier molecular flexibility index (Phi) is 5.08. The van der Waals surface area contributed by atoms with Crippen LogP contribution < -0.4 is 5.73 Å². The summed E-state index contributed by atoms with van der Waals surface area (Å²) in [6, 6.07) is 12.1. The Hall–Kier alpha value is -3.54. The maximum atomic E-state index is 6.19. The first-order valence-corrected chi connectivity index (χ1v) is 10.1. The van der Waals surface area contributed by atoms with Crippen molar-refractivity contribution < 1.29 is 0 Å². The number of aromatic amines is 1. The summed E-state index contributed by atoms with van der Waals surface area (Å²) in [5.74, 6) is 0.707. The van der Waals surface area contributed by atoms with Gasteiger partial charge in [-0.2, -0.15) is 0 Å². The summed E-state index contributed by atoms with van der Waals surface area (Å²) in [7, 11) is 0. The molecular formula is C24H26N6.